The van der Waals surface area contributed by atoms with E-state index in [1.54, 1.807) is 0 Å². The molecule has 2 heterocycles. The topological polar surface area (TPSA) is 77.8 Å². The number of nitrogens with two attached hydrogens (primary N) is 2. The molecule has 4 nitrogen and oxygen atoms in total. The third-order valence-electron chi connectivity index (χ3n) is 3.02. The number of nitrogens with zero attached hydrogens (tertiary/aromatic N) is 2. The van der Waals surface area contributed by atoms with Crippen molar-refractivity contribution >= 4 is 56.3 Å². The summed E-state index contributed by atoms with van der Waals surface area (Å²) in [5, 5.41) is 1.49. The molecule has 0 aliphatic rings. The Hall–Kier alpha value is -2.06. The van der Waals surface area contributed by atoms with E-state index in [1.165, 1.54) is 28.7 Å². The molecule has 4 N–H and O–H groups in total. The van der Waals surface area contributed by atoms with E-state index in [0.717, 1.165) is 10.1 Å². The van der Waals surface area contributed by atoms with Crippen molar-refractivity contribution in [2.75, 3.05) is 11.5 Å². The summed E-state index contributed by atoms with van der Waals surface area (Å²) >= 11 is 2.55. The first kappa shape index (κ1) is 21.0. The summed E-state index contributed by atoms with van der Waals surface area (Å²) in [6, 6.07) is 1.22. The number of nitrogen functional groups attached to an aromatic ring is 2. The fourth-order valence-corrected chi connectivity index (χ4v) is 3.45. The minimum absolute atomic E-state index is 0.0428. The van der Waals surface area contributed by atoms with Crippen LogP contribution in [-0.4, -0.2) is 9.97 Å². The highest BCUT2D eigenvalue weighted by Crippen LogP contribution is 2.34. The van der Waals surface area contributed by atoms with Crippen molar-refractivity contribution in [3.8, 4) is 0 Å². The summed E-state index contributed by atoms with van der Waals surface area (Å²) in [7, 11) is 0. The summed E-state index contributed by atoms with van der Waals surface area (Å²) in [6.07, 6.45) is 0. The van der Waals surface area contributed by atoms with Gasteiger partial charge in [-0.2, -0.15) is 0 Å². The maximum Gasteiger partial charge on any atom is 0.185 e. The van der Waals surface area contributed by atoms with Crippen LogP contribution in [0.3, 0.4) is 0 Å². The second kappa shape index (κ2) is 8.87. The quantitative estimate of drug-likeness (QED) is 0.668. The molecule has 136 valence electrons. The molecule has 8 heteroatoms. The summed E-state index contributed by atoms with van der Waals surface area (Å²) in [6.45, 7) is 15.1. The maximum absolute atomic E-state index is 13.4. The fraction of sp³-hybridized carbons (Fsp3) is 0.294. The zero-order valence-corrected chi connectivity index (χ0v) is 16.3. The van der Waals surface area contributed by atoms with E-state index in [-0.39, 0.29) is 16.6 Å². The van der Waals surface area contributed by atoms with Crippen LogP contribution in [0.25, 0.3) is 23.4 Å². The molecule has 0 atom stereocenters. The highest BCUT2D eigenvalue weighted by Gasteiger charge is 2.17. The maximum atomic E-state index is 13.4. The highest BCUT2D eigenvalue weighted by atomic mass is 32.1. The fourth-order valence-electron chi connectivity index (χ4n) is 1.89. The molecular formula is C17H22F2N4S2. The average molecular weight is 385 g/mol. The lowest BCUT2D eigenvalue weighted by atomic mass is 10.0. The van der Waals surface area contributed by atoms with Crippen LogP contribution in [0.1, 0.15) is 39.2 Å². The molecule has 0 aliphatic heterocycles. The van der Waals surface area contributed by atoms with Crippen LogP contribution in [0.15, 0.2) is 6.07 Å². The van der Waals surface area contributed by atoms with E-state index in [1.807, 2.05) is 27.7 Å². The second-order valence-corrected chi connectivity index (χ2v) is 7.21. The third-order valence-corrected chi connectivity index (χ3v) is 4.74. The number of anilines is 2. The van der Waals surface area contributed by atoms with Crippen molar-refractivity contribution in [2.24, 2.45) is 0 Å². The predicted octanol–water partition coefficient (Wildman–Crippen LogP) is 3.85. The Labute approximate surface area is 153 Å². The molecule has 0 amide bonds. The molecule has 2 aromatic heterocycles. The molecule has 0 aliphatic carbocycles. The molecule has 0 spiro atoms. The predicted molar refractivity (Wildman–Crippen MR) is 106 cm³/mol. The number of thiazole rings is 2. The third kappa shape index (κ3) is 4.96. The molecule has 3 aromatic rings. The standard InChI is InChI=1S/C10H10F2N2S.C5H6N2S.C2H6/c1-4(2)5-3-6(11)7(12)8-9(5)15-10(13)14-8;1-3-4(2)8-5(6)7-3;1-2/h3-4H,1-2H3,(H2,13,14);1-2H2,(H2,6,7);1-2H3. The number of halogens is 2. The summed E-state index contributed by atoms with van der Waals surface area (Å²) in [5.74, 6) is -1.67. The van der Waals surface area contributed by atoms with Crippen molar-refractivity contribution < 1.29 is 8.78 Å². The van der Waals surface area contributed by atoms with Gasteiger partial charge in [0.2, 0.25) is 0 Å². The van der Waals surface area contributed by atoms with Crippen molar-refractivity contribution in [2.45, 2.75) is 33.6 Å². The van der Waals surface area contributed by atoms with Gasteiger partial charge in [0.05, 0.1) is 10.0 Å². The lowest BCUT2D eigenvalue weighted by Gasteiger charge is -2.06. The monoisotopic (exact) mass is 384 g/mol. The Morgan fingerprint density at radius 3 is 2.00 bits per heavy atom. The Kier molecular flexibility index (Phi) is 7.44. The number of hydrogen-bond acceptors (Lipinski definition) is 6. The Balaban J connectivity index is 0.000000264. The van der Waals surface area contributed by atoms with Crippen LogP contribution in [0.2, 0.25) is 0 Å². The van der Waals surface area contributed by atoms with Crippen LogP contribution >= 0.6 is 22.7 Å². The van der Waals surface area contributed by atoms with E-state index in [0.29, 0.717) is 15.2 Å². The van der Waals surface area contributed by atoms with Gasteiger partial charge >= 0.3 is 0 Å². The normalized spacial score (nSPS) is 10.2. The number of aromatic nitrogens is 2. The van der Waals surface area contributed by atoms with Crippen molar-refractivity contribution in [3.05, 3.63) is 33.1 Å². The minimum Gasteiger partial charge on any atom is -0.375 e. The Bertz CT molecular complexity index is 920. The van der Waals surface area contributed by atoms with Gasteiger partial charge in [0.1, 0.15) is 5.52 Å². The second-order valence-electron chi connectivity index (χ2n) is 5.07. The van der Waals surface area contributed by atoms with Gasteiger partial charge in [-0.15, -0.1) is 0 Å². The lowest BCUT2D eigenvalue weighted by molar-refractivity contribution is 0.514. The number of hydrogen-bond donors (Lipinski definition) is 2. The van der Waals surface area contributed by atoms with Gasteiger partial charge < -0.3 is 11.5 Å². The molecule has 1 aromatic carbocycles. The van der Waals surface area contributed by atoms with Crippen molar-refractivity contribution in [3.63, 3.8) is 0 Å². The summed E-state index contributed by atoms with van der Waals surface area (Å²) in [5.41, 5.74) is 11.6. The molecule has 0 unspecified atom stereocenters. The van der Waals surface area contributed by atoms with Gasteiger partial charge in [-0.3, -0.25) is 0 Å². The van der Waals surface area contributed by atoms with Gasteiger partial charge in [0.15, 0.2) is 21.9 Å². The van der Waals surface area contributed by atoms with Crippen LogP contribution in [0, 0.1) is 11.6 Å². The van der Waals surface area contributed by atoms with Gasteiger partial charge in [-0.25, -0.2) is 18.7 Å². The molecule has 0 radical (unpaired) electrons. The van der Waals surface area contributed by atoms with E-state index in [2.05, 4.69) is 23.1 Å². The SMILES string of the molecule is C=c1nc(N)sc1=C.CC.CC(C)c1cc(F)c(F)c2nc(N)sc12. The van der Waals surface area contributed by atoms with Gasteiger partial charge in [0, 0.05) is 4.53 Å². The molecule has 0 fully saturated rings. The number of rotatable bonds is 1. The smallest absolute Gasteiger partial charge is 0.185 e. The zero-order valence-electron chi connectivity index (χ0n) is 14.7. The van der Waals surface area contributed by atoms with Crippen LogP contribution in [0.5, 0.6) is 0 Å². The number of fused-ring (bicyclic) bond motifs is 1. The molecule has 0 saturated heterocycles. The van der Waals surface area contributed by atoms with Crippen LogP contribution < -0.4 is 21.3 Å². The lowest BCUT2D eigenvalue weighted by Crippen LogP contribution is -2.16. The molecule has 25 heavy (non-hydrogen) atoms. The van der Waals surface area contributed by atoms with E-state index in [4.69, 9.17) is 11.5 Å². The zero-order chi connectivity index (χ0) is 19.3. The first-order valence-corrected chi connectivity index (χ1v) is 9.28. The summed E-state index contributed by atoms with van der Waals surface area (Å²) in [4.78, 5) is 7.63. The molecule has 3 rings (SSSR count). The minimum atomic E-state index is -0.914. The first-order valence-electron chi connectivity index (χ1n) is 7.64. The number of benzene rings is 1. The highest BCUT2D eigenvalue weighted by molar-refractivity contribution is 7.22. The van der Waals surface area contributed by atoms with Gasteiger partial charge in [-0.1, -0.05) is 63.5 Å². The van der Waals surface area contributed by atoms with Crippen molar-refractivity contribution in [1.82, 2.24) is 9.97 Å². The van der Waals surface area contributed by atoms with Crippen LogP contribution in [0.4, 0.5) is 19.0 Å². The Morgan fingerprint density at radius 2 is 1.60 bits per heavy atom. The van der Waals surface area contributed by atoms with Crippen LogP contribution in [-0.2, 0) is 0 Å². The molecule has 0 saturated carbocycles. The Morgan fingerprint density at radius 1 is 1.04 bits per heavy atom. The summed E-state index contributed by atoms with van der Waals surface area (Å²) < 4.78 is 28.1. The largest absolute Gasteiger partial charge is 0.375 e. The van der Waals surface area contributed by atoms with E-state index >= 15 is 0 Å². The van der Waals surface area contributed by atoms with E-state index in [9.17, 15) is 8.78 Å². The average Bonchev–Trinajstić information content (AvgIpc) is 3.07. The van der Waals surface area contributed by atoms with Gasteiger partial charge in [0.25, 0.3) is 0 Å². The molecular weight excluding hydrogens is 362 g/mol. The van der Waals surface area contributed by atoms with Crippen molar-refractivity contribution in [1.29, 1.82) is 0 Å². The molecule has 0 bridgehead atoms. The first-order chi connectivity index (χ1) is 11.7. The van der Waals surface area contributed by atoms with E-state index < -0.39 is 11.6 Å². The van der Waals surface area contributed by atoms with Gasteiger partial charge in [-0.05, 0) is 17.5 Å².